The number of aromatic nitrogens is 1. The summed E-state index contributed by atoms with van der Waals surface area (Å²) in [5.41, 5.74) is 7.19. The highest BCUT2D eigenvalue weighted by molar-refractivity contribution is 7.88. The average molecular weight is 258 g/mol. The van der Waals surface area contributed by atoms with Crippen molar-refractivity contribution in [2.75, 3.05) is 30.4 Å². The fourth-order valence-electron chi connectivity index (χ4n) is 1.33. The Hall–Kier alpha value is -1.34. The molecular formula is C10H18N4O2S. The zero-order valence-electron chi connectivity index (χ0n) is 10.0. The van der Waals surface area contributed by atoms with Crippen molar-refractivity contribution < 1.29 is 8.42 Å². The Bertz CT molecular complexity index is 473. The quantitative estimate of drug-likeness (QED) is 0.639. The number of aryl methyl sites for hydroxylation is 1. The summed E-state index contributed by atoms with van der Waals surface area (Å²) < 4.78 is 24.0. The molecule has 0 spiro atoms. The van der Waals surface area contributed by atoms with Gasteiger partial charge >= 0.3 is 0 Å². The van der Waals surface area contributed by atoms with Crippen molar-refractivity contribution in [1.29, 1.82) is 0 Å². The average Bonchev–Trinajstić information content (AvgIpc) is 2.18. The zero-order chi connectivity index (χ0) is 12.9. The molecule has 0 aliphatic carbocycles. The van der Waals surface area contributed by atoms with Gasteiger partial charge in [-0.3, -0.25) is 0 Å². The van der Waals surface area contributed by atoms with Crippen LogP contribution in [-0.4, -0.2) is 32.7 Å². The van der Waals surface area contributed by atoms with Gasteiger partial charge < -0.3 is 11.1 Å². The number of sulfonamides is 1. The van der Waals surface area contributed by atoms with Crippen molar-refractivity contribution in [2.45, 2.75) is 13.3 Å². The van der Waals surface area contributed by atoms with Gasteiger partial charge in [-0.2, -0.15) is 0 Å². The number of hydrogen-bond acceptors (Lipinski definition) is 5. The van der Waals surface area contributed by atoms with Crippen molar-refractivity contribution in [1.82, 2.24) is 9.71 Å². The first-order valence-corrected chi connectivity index (χ1v) is 7.18. The highest BCUT2D eigenvalue weighted by atomic mass is 32.2. The lowest BCUT2D eigenvalue weighted by atomic mass is 10.2. The van der Waals surface area contributed by atoms with Crippen LogP contribution in [0.2, 0.25) is 0 Å². The zero-order valence-corrected chi connectivity index (χ0v) is 10.8. The van der Waals surface area contributed by atoms with Crippen molar-refractivity contribution in [3.8, 4) is 0 Å². The largest absolute Gasteiger partial charge is 0.397 e. The third kappa shape index (κ3) is 5.50. The maximum Gasteiger partial charge on any atom is 0.208 e. The molecule has 0 radical (unpaired) electrons. The minimum atomic E-state index is -3.09. The second kappa shape index (κ2) is 5.83. The van der Waals surface area contributed by atoms with E-state index in [1.165, 1.54) is 0 Å². The second-order valence-corrected chi connectivity index (χ2v) is 5.71. The molecule has 0 saturated heterocycles. The normalized spacial score (nSPS) is 11.4. The molecule has 7 heteroatoms. The highest BCUT2D eigenvalue weighted by Gasteiger charge is 2.01. The minimum Gasteiger partial charge on any atom is -0.397 e. The van der Waals surface area contributed by atoms with Crippen molar-refractivity contribution in [3.63, 3.8) is 0 Å². The number of rotatable bonds is 6. The number of nitrogens with one attached hydrogen (secondary N) is 2. The third-order valence-electron chi connectivity index (χ3n) is 2.11. The van der Waals surface area contributed by atoms with Crippen LogP contribution in [0.1, 0.15) is 12.0 Å². The maximum absolute atomic E-state index is 10.8. The Kier molecular flexibility index (Phi) is 4.71. The van der Waals surface area contributed by atoms with Gasteiger partial charge in [0.2, 0.25) is 10.0 Å². The summed E-state index contributed by atoms with van der Waals surface area (Å²) in [5.74, 6) is 0.776. The topological polar surface area (TPSA) is 97.1 Å². The number of nitrogens with zero attached hydrogens (tertiary/aromatic N) is 1. The Morgan fingerprint density at radius 2 is 2.12 bits per heavy atom. The lowest BCUT2D eigenvalue weighted by Gasteiger charge is -2.08. The second-order valence-electron chi connectivity index (χ2n) is 3.88. The van der Waals surface area contributed by atoms with Crippen LogP contribution in [0.3, 0.4) is 0 Å². The molecular weight excluding hydrogens is 240 g/mol. The van der Waals surface area contributed by atoms with E-state index in [0.717, 1.165) is 17.6 Å². The molecule has 1 aromatic heterocycles. The molecule has 0 unspecified atom stereocenters. The Morgan fingerprint density at radius 1 is 1.41 bits per heavy atom. The van der Waals surface area contributed by atoms with Gasteiger partial charge in [0, 0.05) is 13.1 Å². The van der Waals surface area contributed by atoms with Gasteiger partial charge in [0.05, 0.1) is 18.1 Å². The van der Waals surface area contributed by atoms with Crippen LogP contribution in [0.4, 0.5) is 11.5 Å². The van der Waals surface area contributed by atoms with Gasteiger partial charge in [0.15, 0.2) is 0 Å². The van der Waals surface area contributed by atoms with E-state index in [-0.39, 0.29) is 0 Å². The van der Waals surface area contributed by atoms with E-state index in [1.54, 1.807) is 6.20 Å². The molecule has 0 aliphatic heterocycles. The number of nitrogen functional groups attached to an aromatic ring is 1. The predicted octanol–water partition coefficient (Wildman–Crippen LogP) is 0.323. The Labute approximate surface area is 102 Å². The van der Waals surface area contributed by atoms with Gasteiger partial charge in [-0.05, 0) is 25.0 Å². The fourth-order valence-corrected chi connectivity index (χ4v) is 1.85. The molecule has 0 fully saturated rings. The molecule has 0 atom stereocenters. The molecule has 4 N–H and O–H groups in total. The third-order valence-corrected chi connectivity index (χ3v) is 2.84. The summed E-state index contributed by atoms with van der Waals surface area (Å²) in [6.45, 7) is 2.99. The summed E-state index contributed by atoms with van der Waals surface area (Å²) in [7, 11) is -3.09. The molecule has 17 heavy (non-hydrogen) atoms. The SMILES string of the molecule is Cc1cc(N)cnc1NCCCNS(C)(=O)=O. The molecule has 0 aromatic carbocycles. The van der Waals surface area contributed by atoms with Gasteiger partial charge in [-0.25, -0.2) is 18.1 Å². The van der Waals surface area contributed by atoms with Crippen LogP contribution in [0.25, 0.3) is 0 Å². The summed E-state index contributed by atoms with van der Waals surface area (Å²) in [5, 5.41) is 3.12. The van der Waals surface area contributed by atoms with Crippen LogP contribution in [0.5, 0.6) is 0 Å². The molecule has 96 valence electrons. The molecule has 0 amide bonds. The smallest absolute Gasteiger partial charge is 0.208 e. The van der Waals surface area contributed by atoms with Crippen LogP contribution in [0, 0.1) is 6.92 Å². The van der Waals surface area contributed by atoms with Gasteiger partial charge in [0.25, 0.3) is 0 Å². The Morgan fingerprint density at radius 3 is 2.71 bits per heavy atom. The first-order chi connectivity index (χ1) is 7.88. The molecule has 6 nitrogen and oxygen atoms in total. The summed E-state index contributed by atoms with van der Waals surface area (Å²) in [6.07, 6.45) is 3.43. The van der Waals surface area contributed by atoms with Crippen molar-refractivity contribution in [3.05, 3.63) is 17.8 Å². The van der Waals surface area contributed by atoms with E-state index in [2.05, 4.69) is 15.0 Å². The first kappa shape index (κ1) is 13.7. The summed E-state index contributed by atoms with van der Waals surface area (Å²) >= 11 is 0. The summed E-state index contributed by atoms with van der Waals surface area (Å²) in [4.78, 5) is 4.15. The van der Waals surface area contributed by atoms with E-state index >= 15 is 0 Å². The molecule has 0 saturated carbocycles. The van der Waals surface area contributed by atoms with E-state index < -0.39 is 10.0 Å². The van der Waals surface area contributed by atoms with Gasteiger partial charge in [-0.1, -0.05) is 0 Å². The maximum atomic E-state index is 10.8. The lowest BCUT2D eigenvalue weighted by Crippen LogP contribution is -2.24. The lowest BCUT2D eigenvalue weighted by molar-refractivity contribution is 0.586. The number of pyridine rings is 1. The monoisotopic (exact) mass is 258 g/mol. The predicted molar refractivity (Wildman–Crippen MR) is 69.3 cm³/mol. The molecule has 0 bridgehead atoms. The highest BCUT2D eigenvalue weighted by Crippen LogP contribution is 2.13. The molecule has 1 rings (SSSR count). The van der Waals surface area contributed by atoms with Crippen molar-refractivity contribution >= 4 is 21.5 Å². The van der Waals surface area contributed by atoms with Crippen molar-refractivity contribution in [2.24, 2.45) is 0 Å². The van der Waals surface area contributed by atoms with E-state index in [0.29, 0.717) is 25.2 Å². The van der Waals surface area contributed by atoms with E-state index in [9.17, 15) is 8.42 Å². The number of anilines is 2. The van der Waals surface area contributed by atoms with Gasteiger partial charge in [-0.15, -0.1) is 0 Å². The molecule has 1 heterocycles. The van der Waals surface area contributed by atoms with Crippen LogP contribution >= 0.6 is 0 Å². The summed E-state index contributed by atoms with van der Waals surface area (Å²) in [6, 6.07) is 1.84. The van der Waals surface area contributed by atoms with Crippen LogP contribution in [-0.2, 0) is 10.0 Å². The van der Waals surface area contributed by atoms with Gasteiger partial charge in [0.1, 0.15) is 5.82 Å². The molecule has 1 aromatic rings. The number of hydrogen-bond donors (Lipinski definition) is 3. The molecule has 0 aliphatic rings. The van der Waals surface area contributed by atoms with E-state index in [1.807, 2.05) is 13.0 Å². The minimum absolute atomic E-state index is 0.417. The standard InChI is InChI=1S/C10H18N4O2S/c1-8-6-9(11)7-13-10(8)12-4-3-5-14-17(2,15)16/h6-7,14H,3-5,11H2,1-2H3,(H,12,13). The fraction of sp³-hybridized carbons (Fsp3) is 0.500. The number of nitrogens with two attached hydrogens (primary N) is 1. The van der Waals surface area contributed by atoms with Crippen LogP contribution in [0.15, 0.2) is 12.3 Å². The van der Waals surface area contributed by atoms with Crippen LogP contribution < -0.4 is 15.8 Å². The first-order valence-electron chi connectivity index (χ1n) is 5.29. The Balaban J connectivity index is 2.32. The van der Waals surface area contributed by atoms with E-state index in [4.69, 9.17) is 5.73 Å².